The number of nitrogens with one attached hydrogen (secondary N) is 1. The minimum Gasteiger partial charge on any atom is -0.399 e. The predicted molar refractivity (Wildman–Crippen MR) is 80.9 cm³/mol. The number of aromatic nitrogens is 1. The van der Waals surface area contributed by atoms with Crippen molar-refractivity contribution in [2.75, 3.05) is 10.5 Å². The summed E-state index contributed by atoms with van der Waals surface area (Å²) in [6.45, 7) is 0. The van der Waals surface area contributed by atoms with E-state index in [4.69, 9.17) is 40.5 Å². The van der Waals surface area contributed by atoms with Gasteiger partial charge in [-0.25, -0.2) is 13.4 Å². The fourth-order valence-electron chi connectivity index (χ4n) is 1.48. The molecule has 0 atom stereocenters. The normalized spacial score (nSPS) is 11.3. The van der Waals surface area contributed by atoms with Gasteiger partial charge in [-0.1, -0.05) is 34.8 Å². The summed E-state index contributed by atoms with van der Waals surface area (Å²) in [4.78, 5) is 3.55. The Kier molecular flexibility index (Phi) is 4.29. The molecule has 0 amide bonds. The summed E-state index contributed by atoms with van der Waals surface area (Å²) in [6, 6.07) is 5.66. The zero-order valence-corrected chi connectivity index (χ0v) is 12.9. The predicted octanol–water partition coefficient (Wildman–Crippen LogP) is 3.42. The maximum Gasteiger partial charge on any atom is 0.266 e. The molecule has 3 N–H and O–H groups in total. The minimum atomic E-state index is -4.03. The highest BCUT2D eigenvalue weighted by molar-refractivity contribution is 7.93. The second-order valence-electron chi connectivity index (χ2n) is 3.75. The second kappa shape index (κ2) is 5.65. The molecule has 0 saturated carbocycles. The molecule has 2 aromatic rings. The van der Waals surface area contributed by atoms with Gasteiger partial charge in [0, 0.05) is 11.9 Å². The van der Waals surface area contributed by atoms with Gasteiger partial charge in [0.15, 0.2) is 5.82 Å². The molecule has 0 aliphatic carbocycles. The van der Waals surface area contributed by atoms with Gasteiger partial charge < -0.3 is 5.73 Å². The summed E-state index contributed by atoms with van der Waals surface area (Å²) in [5.74, 6) is -0.0156. The smallest absolute Gasteiger partial charge is 0.266 e. The molecule has 1 aromatic carbocycles. The van der Waals surface area contributed by atoms with Crippen LogP contribution in [0.25, 0.3) is 0 Å². The zero-order chi connectivity index (χ0) is 14.9. The lowest BCUT2D eigenvalue weighted by molar-refractivity contribution is 0.601. The summed E-state index contributed by atoms with van der Waals surface area (Å²) >= 11 is 17.6. The highest BCUT2D eigenvalue weighted by Crippen LogP contribution is 2.33. The van der Waals surface area contributed by atoms with Crippen LogP contribution in [0.15, 0.2) is 35.4 Å². The van der Waals surface area contributed by atoms with Crippen LogP contribution in [0.4, 0.5) is 11.5 Å². The average Bonchev–Trinajstić information content (AvgIpc) is 2.30. The number of hydrogen-bond donors (Lipinski definition) is 2. The summed E-state index contributed by atoms with van der Waals surface area (Å²) in [6.07, 6.45) is 1.40. The molecule has 0 radical (unpaired) electrons. The van der Waals surface area contributed by atoms with Crippen molar-refractivity contribution in [3.8, 4) is 0 Å². The monoisotopic (exact) mass is 351 g/mol. The molecule has 0 spiro atoms. The van der Waals surface area contributed by atoms with Crippen molar-refractivity contribution < 1.29 is 8.42 Å². The number of sulfonamides is 1. The number of rotatable bonds is 3. The van der Waals surface area contributed by atoms with Crippen LogP contribution in [0.5, 0.6) is 0 Å². The van der Waals surface area contributed by atoms with Gasteiger partial charge >= 0.3 is 0 Å². The Hall–Kier alpha value is -1.21. The van der Waals surface area contributed by atoms with Crippen molar-refractivity contribution in [1.82, 2.24) is 4.98 Å². The SMILES string of the molecule is Nc1cc(Cl)c(S(=O)(=O)Nc2ncccc2Cl)c(Cl)c1. The lowest BCUT2D eigenvalue weighted by Gasteiger charge is -2.11. The quantitative estimate of drug-likeness (QED) is 0.829. The molecule has 106 valence electrons. The molecular formula is C11H8Cl3N3O2S. The standard InChI is InChI=1S/C11H8Cl3N3O2S/c12-7-2-1-3-16-11(7)17-20(18,19)10-8(13)4-6(15)5-9(10)14/h1-5H,15H2,(H,16,17). The maximum atomic E-state index is 12.3. The van der Waals surface area contributed by atoms with Gasteiger partial charge in [0.05, 0.1) is 15.1 Å². The molecule has 0 aliphatic heterocycles. The van der Waals surface area contributed by atoms with Crippen molar-refractivity contribution in [2.24, 2.45) is 0 Å². The molecule has 5 nitrogen and oxygen atoms in total. The van der Waals surface area contributed by atoms with E-state index < -0.39 is 10.0 Å². The number of nitrogen functional groups attached to an aromatic ring is 1. The summed E-state index contributed by atoms with van der Waals surface area (Å²) < 4.78 is 26.8. The average molecular weight is 353 g/mol. The van der Waals surface area contributed by atoms with Gasteiger partial charge in [0.1, 0.15) is 4.90 Å². The van der Waals surface area contributed by atoms with Crippen molar-refractivity contribution in [3.05, 3.63) is 45.5 Å². The number of halogens is 3. The van der Waals surface area contributed by atoms with Gasteiger partial charge in [0.2, 0.25) is 0 Å². The van der Waals surface area contributed by atoms with E-state index in [0.29, 0.717) is 0 Å². The Morgan fingerprint density at radius 1 is 1.10 bits per heavy atom. The van der Waals surface area contributed by atoms with Gasteiger partial charge in [-0.15, -0.1) is 0 Å². The van der Waals surface area contributed by atoms with Crippen molar-refractivity contribution >= 4 is 56.3 Å². The first kappa shape index (κ1) is 15.2. The summed E-state index contributed by atoms with van der Waals surface area (Å²) in [7, 11) is -4.03. The molecule has 0 unspecified atom stereocenters. The Bertz CT molecular complexity index is 742. The van der Waals surface area contributed by atoms with Gasteiger partial charge in [-0.2, -0.15) is 0 Å². The van der Waals surface area contributed by atoms with Crippen molar-refractivity contribution in [1.29, 1.82) is 0 Å². The first-order chi connectivity index (χ1) is 9.31. The third-order valence-electron chi connectivity index (χ3n) is 2.28. The van der Waals surface area contributed by atoms with Crippen LogP contribution in [0.3, 0.4) is 0 Å². The number of pyridine rings is 1. The molecular weight excluding hydrogens is 345 g/mol. The van der Waals surface area contributed by atoms with E-state index in [0.717, 1.165) is 0 Å². The van der Waals surface area contributed by atoms with Crippen LogP contribution in [0, 0.1) is 0 Å². The van der Waals surface area contributed by atoms with E-state index in [-0.39, 0.29) is 31.5 Å². The van der Waals surface area contributed by atoms with Crippen LogP contribution in [-0.4, -0.2) is 13.4 Å². The van der Waals surface area contributed by atoms with Gasteiger partial charge in [-0.3, -0.25) is 4.72 Å². The zero-order valence-electron chi connectivity index (χ0n) is 9.77. The first-order valence-electron chi connectivity index (χ1n) is 5.19. The topological polar surface area (TPSA) is 85.1 Å². The number of hydrogen-bond acceptors (Lipinski definition) is 4. The molecule has 20 heavy (non-hydrogen) atoms. The fraction of sp³-hybridized carbons (Fsp3) is 0. The molecule has 2 rings (SSSR count). The molecule has 9 heteroatoms. The Balaban J connectivity index is 2.50. The molecule has 0 saturated heterocycles. The summed E-state index contributed by atoms with van der Waals surface area (Å²) in [5, 5.41) is -0.0251. The maximum absolute atomic E-state index is 12.3. The van der Waals surface area contributed by atoms with E-state index in [2.05, 4.69) is 9.71 Å². The third-order valence-corrected chi connectivity index (χ3v) is 4.84. The third kappa shape index (κ3) is 3.09. The van der Waals surface area contributed by atoms with E-state index in [1.54, 1.807) is 6.07 Å². The lowest BCUT2D eigenvalue weighted by Crippen LogP contribution is -2.15. The number of nitrogens with two attached hydrogens (primary N) is 1. The number of nitrogens with zero attached hydrogens (tertiary/aromatic N) is 1. The van der Waals surface area contributed by atoms with Crippen LogP contribution in [0.1, 0.15) is 0 Å². The van der Waals surface area contributed by atoms with E-state index in [1.807, 2.05) is 0 Å². The van der Waals surface area contributed by atoms with Crippen LogP contribution < -0.4 is 10.5 Å². The van der Waals surface area contributed by atoms with E-state index in [9.17, 15) is 8.42 Å². The Morgan fingerprint density at radius 3 is 2.25 bits per heavy atom. The molecule has 1 heterocycles. The lowest BCUT2D eigenvalue weighted by atomic mass is 10.3. The summed E-state index contributed by atoms with van der Waals surface area (Å²) in [5.41, 5.74) is 5.79. The van der Waals surface area contributed by atoms with Crippen LogP contribution in [-0.2, 0) is 10.0 Å². The highest BCUT2D eigenvalue weighted by atomic mass is 35.5. The molecule has 1 aromatic heterocycles. The van der Waals surface area contributed by atoms with Crippen molar-refractivity contribution in [2.45, 2.75) is 4.90 Å². The minimum absolute atomic E-state index is 0.0156. The fourth-order valence-corrected chi connectivity index (χ4v) is 3.96. The first-order valence-corrected chi connectivity index (χ1v) is 7.81. The Morgan fingerprint density at radius 2 is 1.70 bits per heavy atom. The van der Waals surface area contributed by atoms with Gasteiger partial charge in [-0.05, 0) is 24.3 Å². The Labute approximate surface area is 130 Å². The molecule has 0 aliphatic rings. The number of benzene rings is 1. The number of anilines is 2. The van der Waals surface area contributed by atoms with Crippen LogP contribution >= 0.6 is 34.8 Å². The second-order valence-corrected chi connectivity index (χ2v) is 6.59. The highest BCUT2D eigenvalue weighted by Gasteiger charge is 2.23. The van der Waals surface area contributed by atoms with Crippen molar-refractivity contribution in [3.63, 3.8) is 0 Å². The van der Waals surface area contributed by atoms with Crippen LogP contribution in [0.2, 0.25) is 15.1 Å². The molecule has 0 fully saturated rings. The van der Waals surface area contributed by atoms with E-state index >= 15 is 0 Å². The molecule has 0 bridgehead atoms. The largest absolute Gasteiger partial charge is 0.399 e. The van der Waals surface area contributed by atoms with E-state index in [1.165, 1.54) is 24.4 Å². The van der Waals surface area contributed by atoms with Gasteiger partial charge in [0.25, 0.3) is 10.0 Å².